The smallest absolute Gasteiger partial charge is 0.247 e. The molecule has 0 saturated heterocycles. The van der Waals surface area contributed by atoms with Crippen molar-refractivity contribution in [2.45, 2.75) is 63.6 Å². The number of phenolic OH excluding ortho intramolecular Hbond substituents is 1. The number of nitrogens with zero attached hydrogens (tertiary/aromatic N) is 1. The van der Waals surface area contributed by atoms with Crippen molar-refractivity contribution >= 4 is 11.8 Å². The average Bonchev–Trinajstić information content (AvgIpc) is 3.49. The number of aromatic hydroxyl groups is 1. The van der Waals surface area contributed by atoms with E-state index in [-0.39, 0.29) is 23.1 Å². The molecule has 6 rings (SSSR count). The Morgan fingerprint density at radius 2 is 1.67 bits per heavy atom. The lowest BCUT2D eigenvalue weighted by Crippen LogP contribution is -2.58. The molecule has 3 saturated carbocycles. The number of hydrogen-bond acceptors (Lipinski definition) is 3. The van der Waals surface area contributed by atoms with Crippen LogP contribution in [0.3, 0.4) is 0 Å². The van der Waals surface area contributed by atoms with Gasteiger partial charge in [0.25, 0.3) is 0 Å². The van der Waals surface area contributed by atoms with Crippen LogP contribution in [-0.4, -0.2) is 27.4 Å². The molecule has 5 heteroatoms. The van der Waals surface area contributed by atoms with Crippen LogP contribution < -0.4 is 5.32 Å². The summed E-state index contributed by atoms with van der Waals surface area (Å²) in [7, 11) is 0. The molecule has 3 aromatic rings. The lowest BCUT2D eigenvalue weighted by atomic mass is 9.74. The standard InChI is InChI=1S/C31H34N2O3/c1-22-7-12-26(13-8-22)29(30(36)32-21-24-5-3-2-4-6-24)33(31-18-17-25(19-31)20-31)28(35)16-11-23-9-14-27(34)15-10-23/h2-10,12-15,25,29,34H,11,16-21H2,1H3,(H,32,36). The Bertz CT molecular complexity index is 1190. The van der Waals surface area contributed by atoms with E-state index >= 15 is 0 Å². The third-order valence-corrected chi connectivity index (χ3v) is 7.91. The third kappa shape index (κ3) is 5.01. The van der Waals surface area contributed by atoms with Crippen LogP contribution in [0.25, 0.3) is 0 Å². The molecule has 186 valence electrons. The molecule has 0 aromatic heterocycles. The van der Waals surface area contributed by atoms with Gasteiger partial charge in [-0.1, -0.05) is 72.3 Å². The van der Waals surface area contributed by atoms with E-state index in [0.29, 0.717) is 25.3 Å². The van der Waals surface area contributed by atoms with Gasteiger partial charge in [-0.2, -0.15) is 0 Å². The molecule has 1 atom stereocenters. The van der Waals surface area contributed by atoms with Gasteiger partial charge < -0.3 is 15.3 Å². The highest BCUT2D eigenvalue weighted by molar-refractivity contribution is 5.89. The van der Waals surface area contributed by atoms with Crippen LogP contribution in [0.1, 0.15) is 60.4 Å². The minimum Gasteiger partial charge on any atom is -0.508 e. The largest absolute Gasteiger partial charge is 0.508 e. The predicted molar refractivity (Wildman–Crippen MR) is 140 cm³/mol. The third-order valence-electron chi connectivity index (χ3n) is 7.91. The first kappa shape index (κ1) is 24.1. The molecule has 0 radical (unpaired) electrons. The van der Waals surface area contributed by atoms with Gasteiger partial charge in [0.2, 0.25) is 11.8 Å². The molecule has 3 aliphatic rings. The number of rotatable bonds is 9. The number of phenols is 1. The van der Waals surface area contributed by atoms with Crippen molar-refractivity contribution in [2.75, 3.05) is 0 Å². The van der Waals surface area contributed by atoms with E-state index in [1.165, 1.54) is 0 Å². The lowest BCUT2D eigenvalue weighted by Gasteiger charge is -2.51. The molecule has 36 heavy (non-hydrogen) atoms. The Morgan fingerprint density at radius 1 is 0.972 bits per heavy atom. The Kier molecular flexibility index (Phi) is 6.82. The van der Waals surface area contributed by atoms with Crippen LogP contribution in [0.2, 0.25) is 0 Å². The second kappa shape index (κ2) is 10.2. The molecule has 0 aliphatic heterocycles. The summed E-state index contributed by atoms with van der Waals surface area (Å²) in [5.41, 5.74) is 3.76. The molecule has 3 fully saturated rings. The van der Waals surface area contributed by atoms with Crippen molar-refractivity contribution in [3.8, 4) is 5.75 Å². The SMILES string of the molecule is Cc1ccc(C(C(=O)NCc2ccccc2)N(C(=O)CCc2ccc(O)cc2)C23CCC(C2)C3)cc1. The Labute approximate surface area is 213 Å². The zero-order chi connectivity index (χ0) is 25.1. The molecule has 2 amide bonds. The molecule has 3 aromatic carbocycles. The van der Waals surface area contributed by atoms with E-state index in [9.17, 15) is 14.7 Å². The Balaban J connectivity index is 1.44. The highest BCUT2D eigenvalue weighted by Gasteiger charge is 2.57. The van der Waals surface area contributed by atoms with Gasteiger partial charge in [-0.15, -0.1) is 0 Å². The maximum absolute atomic E-state index is 14.0. The summed E-state index contributed by atoms with van der Waals surface area (Å²) in [4.78, 5) is 29.7. The molecule has 0 spiro atoms. The first-order chi connectivity index (χ1) is 17.4. The van der Waals surface area contributed by atoms with Gasteiger partial charge in [0, 0.05) is 18.5 Å². The fourth-order valence-corrected chi connectivity index (χ4v) is 5.98. The Morgan fingerprint density at radius 3 is 2.31 bits per heavy atom. The summed E-state index contributed by atoms with van der Waals surface area (Å²) in [5.74, 6) is 0.754. The number of fused-ring (bicyclic) bond motifs is 1. The van der Waals surface area contributed by atoms with Gasteiger partial charge in [0.15, 0.2) is 0 Å². The summed E-state index contributed by atoms with van der Waals surface area (Å²) in [6, 6.07) is 24.2. The molecular weight excluding hydrogens is 448 g/mol. The van der Waals surface area contributed by atoms with Gasteiger partial charge >= 0.3 is 0 Å². The molecule has 2 bridgehead atoms. The van der Waals surface area contributed by atoms with Crippen molar-refractivity contribution in [1.29, 1.82) is 0 Å². The zero-order valence-electron chi connectivity index (χ0n) is 20.8. The van der Waals surface area contributed by atoms with Gasteiger partial charge in [-0.3, -0.25) is 9.59 Å². The maximum Gasteiger partial charge on any atom is 0.247 e. The number of nitrogens with one attached hydrogen (secondary N) is 1. The van der Waals surface area contributed by atoms with Crippen molar-refractivity contribution in [3.63, 3.8) is 0 Å². The van der Waals surface area contributed by atoms with Crippen molar-refractivity contribution in [2.24, 2.45) is 5.92 Å². The fourth-order valence-electron chi connectivity index (χ4n) is 5.98. The minimum absolute atomic E-state index is 0.0175. The second-order valence-electron chi connectivity index (χ2n) is 10.5. The van der Waals surface area contributed by atoms with E-state index in [2.05, 4.69) is 5.32 Å². The van der Waals surface area contributed by atoms with Crippen LogP contribution >= 0.6 is 0 Å². The average molecular weight is 483 g/mol. The molecule has 3 aliphatic carbocycles. The van der Waals surface area contributed by atoms with Crippen molar-refractivity contribution < 1.29 is 14.7 Å². The van der Waals surface area contributed by atoms with Crippen LogP contribution in [0, 0.1) is 12.8 Å². The number of carbonyl (C=O) groups is 2. The molecule has 1 unspecified atom stereocenters. The van der Waals surface area contributed by atoms with E-state index in [0.717, 1.165) is 47.9 Å². The summed E-state index contributed by atoms with van der Waals surface area (Å²) in [5, 5.41) is 12.7. The minimum atomic E-state index is -0.666. The van der Waals surface area contributed by atoms with Crippen LogP contribution in [0.4, 0.5) is 0 Å². The first-order valence-electron chi connectivity index (χ1n) is 12.9. The first-order valence-corrected chi connectivity index (χ1v) is 12.9. The Hall–Kier alpha value is -3.60. The van der Waals surface area contributed by atoms with Crippen LogP contribution in [0.15, 0.2) is 78.9 Å². The van der Waals surface area contributed by atoms with Gasteiger partial charge in [-0.25, -0.2) is 0 Å². The molecular formula is C31H34N2O3. The normalized spacial score (nSPS) is 20.9. The fraction of sp³-hybridized carbons (Fsp3) is 0.355. The zero-order valence-corrected chi connectivity index (χ0v) is 20.8. The summed E-state index contributed by atoms with van der Waals surface area (Å²) < 4.78 is 0. The molecule has 0 heterocycles. The quantitative estimate of drug-likeness (QED) is 0.425. The molecule has 2 N–H and O–H groups in total. The molecule has 5 nitrogen and oxygen atoms in total. The lowest BCUT2D eigenvalue weighted by molar-refractivity contribution is -0.152. The van der Waals surface area contributed by atoms with E-state index in [1.807, 2.05) is 78.6 Å². The monoisotopic (exact) mass is 482 g/mol. The van der Waals surface area contributed by atoms with Gasteiger partial charge in [0.05, 0.1) is 0 Å². The summed E-state index contributed by atoms with van der Waals surface area (Å²) >= 11 is 0. The van der Waals surface area contributed by atoms with Crippen LogP contribution in [-0.2, 0) is 22.6 Å². The summed E-state index contributed by atoms with van der Waals surface area (Å²) in [6.45, 7) is 2.45. The van der Waals surface area contributed by atoms with Crippen LogP contribution in [0.5, 0.6) is 5.75 Å². The van der Waals surface area contributed by atoms with Gasteiger partial charge in [-0.05, 0) is 73.8 Å². The van der Waals surface area contributed by atoms with E-state index in [4.69, 9.17) is 0 Å². The van der Waals surface area contributed by atoms with E-state index < -0.39 is 6.04 Å². The number of benzene rings is 3. The van der Waals surface area contributed by atoms with Crippen molar-refractivity contribution in [1.82, 2.24) is 10.2 Å². The van der Waals surface area contributed by atoms with Gasteiger partial charge in [0.1, 0.15) is 11.8 Å². The second-order valence-corrected chi connectivity index (χ2v) is 10.5. The van der Waals surface area contributed by atoms with E-state index in [1.54, 1.807) is 12.1 Å². The summed E-state index contributed by atoms with van der Waals surface area (Å²) in [6.07, 6.45) is 4.93. The maximum atomic E-state index is 14.0. The topological polar surface area (TPSA) is 69.6 Å². The highest BCUT2D eigenvalue weighted by Crippen LogP contribution is 2.57. The number of hydrogen-bond donors (Lipinski definition) is 2. The van der Waals surface area contributed by atoms with Crippen molar-refractivity contribution in [3.05, 3.63) is 101 Å². The predicted octanol–water partition coefficient (Wildman–Crippen LogP) is 5.46. The highest BCUT2D eigenvalue weighted by atomic mass is 16.3. The number of aryl methyl sites for hydroxylation is 2. The number of amides is 2. The number of carbonyl (C=O) groups excluding carboxylic acids is 2.